The van der Waals surface area contributed by atoms with Crippen LogP contribution in [0, 0.1) is 0 Å². The van der Waals surface area contributed by atoms with Gasteiger partial charge in [0.2, 0.25) is 0 Å². The van der Waals surface area contributed by atoms with E-state index in [1.54, 1.807) is 0 Å². The second-order valence-electron chi connectivity index (χ2n) is 17.1. The van der Waals surface area contributed by atoms with Crippen molar-refractivity contribution >= 4 is 27.5 Å². The van der Waals surface area contributed by atoms with Crippen molar-refractivity contribution in [2.75, 3.05) is 0 Å². The summed E-state index contributed by atoms with van der Waals surface area (Å²) in [4.78, 5) is 0. The summed E-state index contributed by atoms with van der Waals surface area (Å²) in [5, 5.41) is 2.63. The van der Waals surface area contributed by atoms with Crippen molar-refractivity contribution in [1.82, 2.24) is 0 Å². The molecule has 0 radical (unpaired) electrons. The zero-order chi connectivity index (χ0) is 47.5. The number of hydrogen-bond donors (Lipinski definition) is 0. The maximum absolute atomic E-state index is 3.49. The van der Waals surface area contributed by atoms with Crippen LogP contribution in [-0.4, -0.2) is 0 Å². The maximum atomic E-state index is 3.49. The van der Waals surface area contributed by atoms with Gasteiger partial charge in [0, 0.05) is 5.57 Å². The van der Waals surface area contributed by atoms with Crippen molar-refractivity contribution < 1.29 is 0 Å². The van der Waals surface area contributed by atoms with Crippen LogP contribution in [-0.2, 0) is 18.3 Å². The Morgan fingerprint density at radius 1 is 0.500 bits per heavy atom. The molecule has 3 aliphatic rings. The Kier molecular flexibility index (Phi) is 15.1. The molecule has 0 nitrogen and oxygen atoms in total. The van der Waals surface area contributed by atoms with Gasteiger partial charge >= 0.3 is 0 Å². The average Bonchev–Trinajstić information content (AvgIpc) is 4.13. The van der Waals surface area contributed by atoms with Crippen LogP contribution in [0.2, 0.25) is 0 Å². The van der Waals surface area contributed by atoms with Crippen molar-refractivity contribution in [3.63, 3.8) is 0 Å². The quantitative estimate of drug-likeness (QED) is 0.133. The van der Waals surface area contributed by atoms with E-state index in [4.69, 9.17) is 0 Å². The molecule has 8 aromatic rings. The normalized spacial score (nSPS) is 13.5. The predicted octanol–water partition coefficient (Wildman–Crippen LogP) is 18.7. The zero-order valence-corrected chi connectivity index (χ0v) is 41.0. The summed E-state index contributed by atoms with van der Waals surface area (Å²) in [5.74, 6) is 0. The molecule has 0 N–H and O–H groups in total. The Labute approximate surface area is 406 Å². The van der Waals surface area contributed by atoms with Gasteiger partial charge in [0.1, 0.15) is 0 Å². The van der Waals surface area contributed by atoms with Gasteiger partial charge in [-0.25, -0.2) is 0 Å². The van der Waals surface area contributed by atoms with Crippen molar-refractivity contribution in [3.8, 4) is 22.3 Å². The molecular formula is C68H64. The van der Waals surface area contributed by atoms with Gasteiger partial charge in [0.05, 0.1) is 5.41 Å². The van der Waals surface area contributed by atoms with Gasteiger partial charge in [-0.05, 0) is 157 Å². The van der Waals surface area contributed by atoms with E-state index in [9.17, 15) is 0 Å². The second kappa shape index (κ2) is 21.9. The topological polar surface area (TPSA) is 0 Å². The first-order valence-electron chi connectivity index (χ1n) is 24.8. The van der Waals surface area contributed by atoms with Crippen LogP contribution in [0.1, 0.15) is 105 Å². The zero-order valence-electron chi connectivity index (χ0n) is 41.0. The fourth-order valence-electron chi connectivity index (χ4n) is 10.3. The molecule has 0 saturated carbocycles. The van der Waals surface area contributed by atoms with Gasteiger partial charge in [-0.3, -0.25) is 0 Å². The number of rotatable bonds is 8. The van der Waals surface area contributed by atoms with Crippen LogP contribution in [0.4, 0.5) is 0 Å². The number of benzene rings is 8. The Balaban J connectivity index is 0.000000165. The largest absolute Gasteiger partial charge is 0.112 e. The highest BCUT2D eigenvalue weighted by Gasteiger charge is 2.52. The molecule has 0 fully saturated rings. The Morgan fingerprint density at radius 3 is 1.71 bits per heavy atom. The fraction of sp³-hybridized carbons (Fsp3) is 0.162. The van der Waals surface area contributed by atoms with Gasteiger partial charge in [-0.15, -0.1) is 5.73 Å². The molecule has 0 saturated heterocycles. The summed E-state index contributed by atoms with van der Waals surface area (Å²) < 4.78 is 0. The van der Waals surface area contributed by atoms with Crippen LogP contribution in [0.25, 0.3) is 49.7 Å². The van der Waals surface area contributed by atoms with Crippen LogP contribution in [0.15, 0.2) is 236 Å². The first-order chi connectivity index (χ1) is 33.5. The molecule has 0 amide bonds. The average molecular weight is 881 g/mol. The van der Waals surface area contributed by atoms with E-state index in [-0.39, 0.29) is 5.41 Å². The van der Waals surface area contributed by atoms with Gasteiger partial charge in [-0.2, -0.15) is 0 Å². The van der Waals surface area contributed by atoms with Crippen LogP contribution < -0.4 is 0 Å². The highest BCUT2D eigenvalue weighted by atomic mass is 14.5. The van der Waals surface area contributed by atoms with E-state index in [0.717, 1.165) is 24.8 Å². The van der Waals surface area contributed by atoms with E-state index in [1.807, 2.05) is 26.0 Å². The van der Waals surface area contributed by atoms with Crippen molar-refractivity contribution in [2.24, 2.45) is 0 Å². The first kappa shape index (κ1) is 47.0. The standard InChI is InChI=1S/C37H28.C15H16.C14H14.C2H6/c1-3-13-35-36(29-23-22-25(4-2)24-31(29)26-14-5-6-15-26)30-18-9-12-21-34(30)37(35)32-19-10-7-16-27(32)28-17-8-11-20-33(28)37;1-3-12(4-2)15-10-9-13-7-5-6-8-14(13)11-15;1-2-12-7-6-10-14(11-12)13-8-4-3-5-9-13;1-2/h3,5-14,16-24H,4H2,1-2H3;3,5-11H,4H2,1-2H3;3-11H,2H2,1H3;1-2H3/b13-3-;12-3+;;. The fourth-order valence-corrected chi connectivity index (χ4v) is 10.3. The molecule has 11 rings (SSSR count). The molecule has 0 heteroatoms. The number of fused-ring (bicyclic) bond motifs is 8. The van der Waals surface area contributed by atoms with E-state index < -0.39 is 0 Å². The molecule has 1 spiro atoms. The summed E-state index contributed by atoms with van der Waals surface area (Å²) in [7, 11) is 0. The minimum Gasteiger partial charge on any atom is -0.112 e. The molecule has 0 aromatic heterocycles. The van der Waals surface area contributed by atoms with Gasteiger partial charge < -0.3 is 0 Å². The summed E-state index contributed by atoms with van der Waals surface area (Å²) >= 11 is 0. The lowest BCUT2D eigenvalue weighted by Gasteiger charge is -2.31. The monoisotopic (exact) mass is 881 g/mol. The van der Waals surface area contributed by atoms with Crippen LogP contribution in [0.5, 0.6) is 0 Å². The SMILES string of the molecule is C/C=C(\CC)c1ccc2ccccc2c1.C/C=C\C1=C(c2ccc(CC)cc2C2=C=CC=C2)c2ccccc2C12c1ccccc1-c1ccccc12.CC.CCc1cccc(-c2ccccc2)c1. The number of hydrogen-bond acceptors (Lipinski definition) is 0. The molecule has 68 heavy (non-hydrogen) atoms. The lowest BCUT2D eigenvalue weighted by molar-refractivity contribution is 0.786. The number of allylic oxidation sites excluding steroid dienone is 8. The minimum atomic E-state index is -0.345. The number of aryl methyl sites for hydroxylation is 2. The molecular weight excluding hydrogens is 817 g/mol. The molecule has 0 atom stereocenters. The molecule has 0 aliphatic heterocycles. The minimum absolute atomic E-state index is 0.345. The Hall–Kier alpha value is -7.50. The van der Waals surface area contributed by atoms with E-state index in [0.29, 0.717) is 0 Å². The smallest absolute Gasteiger partial charge is 0.0725 e. The first-order valence-corrected chi connectivity index (χ1v) is 24.8. The summed E-state index contributed by atoms with van der Waals surface area (Å²) in [6.45, 7) is 14.9. The van der Waals surface area contributed by atoms with Crippen molar-refractivity contribution in [1.29, 1.82) is 0 Å². The van der Waals surface area contributed by atoms with Crippen LogP contribution >= 0.6 is 0 Å². The molecule has 0 heterocycles. The van der Waals surface area contributed by atoms with E-state index in [1.165, 1.54) is 99.8 Å². The Morgan fingerprint density at radius 2 is 1.09 bits per heavy atom. The van der Waals surface area contributed by atoms with Crippen molar-refractivity contribution in [3.05, 3.63) is 286 Å². The highest BCUT2D eigenvalue weighted by molar-refractivity contribution is 6.02. The molecule has 336 valence electrons. The lowest BCUT2D eigenvalue weighted by atomic mass is 9.69. The summed E-state index contributed by atoms with van der Waals surface area (Å²) in [6.07, 6.45) is 16.3. The van der Waals surface area contributed by atoms with Crippen molar-refractivity contribution in [2.45, 2.75) is 73.1 Å². The van der Waals surface area contributed by atoms with Gasteiger partial charge in [0.15, 0.2) is 0 Å². The van der Waals surface area contributed by atoms with E-state index >= 15 is 0 Å². The maximum Gasteiger partial charge on any atom is 0.0725 e. The second-order valence-corrected chi connectivity index (χ2v) is 17.1. The molecule has 3 aliphatic carbocycles. The lowest BCUT2D eigenvalue weighted by Crippen LogP contribution is -2.26. The third-order valence-corrected chi connectivity index (χ3v) is 13.5. The van der Waals surface area contributed by atoms with Crippen LogP contribution in [0.3, 0.4) is 0 Å². The summed E-state index contributed by atoms with van der Waals surface area (Å²) in [5.41, 5.74) is 25.7. The molecule has 0 bridgehead atoms. The third kappa shape index (κ3) is 9.01. The predicted molar refractivity (Wildman–Crippen MR) is 296 cm³/mol. The molecule has 8 aromatic carbocycles. The molecule has 0 unspecified atom stereocenters. The van der Waals surface area contributed by atoms with E-state index in [2.05, 4.69) is 253 Å². The Bertz CT molecular complexity index is 3200. The summed E-state index contributed by atoms with van der Waals surface area (Å²) in [6, 6.07) is 68.4. The third-order valence-electron chi connectivity index (χ3n) is 13.5. The van der Waals surface area contributed by atoms with Gasteiger partial charge in [-0.1, -0.05) is 235 Å². The van der Waals surface area contributed by atoms with Gasteiger partial charge in [0.25, 0.3) is 0 Å². The highest BCUT2D eigenvalue weighted by Crippen LogP contribution is 2.63.